The molecule has 0 unspecified atom stereocenters. The molecule has 0 amide bonds. The maximum Gasteiger partial charge on any atom is 0.349 e. The molecule has 0 N–H and O–H groups in total. The zero-order chi connectivity index (χ0) is 20.9. The predicted octanol–water partition coefficient (Wildman–Crippen LogP) is 5.71. The van der Waals surface area contributed by atoms with E-state index in [0.717, 1.165) is 10.8 Å². The van der Waals surface area contributed by atoms with Gasteiger partial charge in [0.05, 0.1) is 0 Å². The van der Waals surface area contributed by atoms with E-state index in [9.17, 15) is 9.59 Å². The van der Waals surface area contributed by atoms with Crippen molar-refractivity contribution >= 4 is 34.1 Å². The van der Waals surface area contributed by atoms with E-state index in [2.05, 4.69) is 0 Å². The summed E-state index contributed by atoms with van der Waals surface area (Å²) in [5, 5.41) is 2.15. The first-order valence-corrected chi connectivity index (χ1v) is 9.70. The number of benzene rings is 4. The van der Waals surface area contributed by atoms with E-state index in [1.54, 1.807) is 48.5 Å². The summed E-state index contributed by atoms with van der Waals surface area (Å²) in [7, 11) is 0. The largest absolute Gasteiger partial charge is 0.482 e. The van der Waals surface area contributed by atoms with Gasteiger partial charge in [0.2, 0.25) is 0 Å². The van der Waals surface area contributed by atoms with Gasteiger partial charge in [0.15, 0.2) is 12.4 Å². The van der Waals surface area contributed by atoms with Crippen LogP contribution in [0.4, 0.5) is 0 Å². The van der Waals surface area contributed by atoms with Crippen molar-refractivity contribution in [3.8, 4) is 11.5 Å². The molecule has 5 heteroatoms. The average molecular weight is 417 g/mol. The fourth-order valence-electron chi connectivity index (χ4n) is 3.08. The first kappa shape index (κ1) is 19.7. The van der Waals surface area contributed by atoms with Crippen LogP contribution in [0.15, 0.2) is 91.0 Å². The summed E-state index contributed by atoms with van der Waals surface area (Å²) in [4.78, 5) is 24.7. The van der Waals surface area contributed by atoms with Crippen molar-refractivity contribution in [3.05, 3.63) is 107 Å². The number of halogens is 1. The zero-order valence-electron chi connectivity index (χ0n) is 15.9. The second-order valence-electron chi connectivity index (χ2n) is 6.57. The van der Waals surface area contributed by atoms with Crippen LogP contribution in [0.5, 0.6) is 11.5 Å². The van der Waals surface area contributed by atoms with Crippen LogP contribution in [0.25, 0.3) is 10.8 Å². The summed E-state index contributed by atoms with van der Waals surface area (Å²) >= 11 is 6.19. The molecule has 0 saturated carbocycles. The lowest BCUT2D eigenvalue weighted by Gasteiger charge is -2.10. The van der Waals surface area contributed by atoms with Crippen LogP contribution in [-0.4, -0.2) is 18.4 Å². The molecule has 0 atom stereocenters. The van der Waals surface area contributed by atoms with Gasteiger partial charge in [-0.05, 0) is 36.4 Å². The number of hydrogen-bond acceptors (Lipinski definition) is 4. The summed E-state index contributed by atoms with van der Waals surface area (Å²) in [5.74, 6) is 0.285. The van der Waals surface area contributed by atoms with Crippen LogP contribution in [0.3, 0.4) is 0 Å². The number of rotatable bonds is 6. The quantitative estimate of drug-likeness (QED) is 0.229. The lowest BCUT2D eigenvalue weighted by molar-refractivity contribution is -0.136. The predicted molar refractivity (Wildman–Crippen MR) is 116 cm³/mol. The molecule has 0 heterocycles. The maximum absolute atomic E-state index is 12.4. The third-order valence-electron chi connectivity index (χ3n) is 4.56. The molecule has 4 nitrogen and oxygen atoms in total. The van der Waals surface area contributed by atoms with Crippen LogP contribution >= 0.6 is 11.6 Å². The van der Waals surface area contributed by atoms with E-state index in [0.29, 0.717) is 27.6 Å². The Hall–Kier alpha value is -3.63. The summed E-state index contributed by atoms with van der Waals surface area (Å²) in [6, 6.07) is 26.5. The van der Waals surface area contributed by atoms with Crippen LogP contribution in [0.2, 0.25) is 5.02 Å². The van der Waals surface area contributed by atoms with Gasteiger partial charge in [-0.1, -0.05) is 66.2 Å². The average Bonchev–Trinajstić information content (AvgIpc) is 2.80. The number of carbonyl (C=O) groups is 2. The van der Waals surface area contributed by atoms with Crippen molar-refractivity contribution in [3.63, 3.8) is 0 Å². The number of ether oxygens (including phenoxy) is 2. The minimum absolute atomic E-state index is 0.0730. The Balaban J connectivity index is 1.39. The molecular weight excluding hydrogens is 400 g/mol. The molecule has 4 rings (SSSR count). The smallest absolute Gasteiger partial charge is 0.349 e. The number of fused-ring (bicyclic) bond motifs is 1. The van der Waals surface area contributed by atoms with Crippen LogP contribution in [-0.2, 0) is 4.79 Å². The van der Waals surface area contributed by atoms with Crippen LogP contribution in [0.1, 0.15) is 15.9 Å². The first-order valence-electron chi connectivity index (χ1n) is 9.32. The molecule has 0 bridgehead atoms. The summed E-state index contributed by atoms with van der Waals surface area (Å²) in [6.07, 6.45) is 0. The Morgan fingerprint density at radius 3 is 2.07 bits per heavy atom. The van der Waals surface area contributed by atoms with Crippen molar-refractivity contribution in [2.75, 3.05) is 6.61 Å². The van der Waals surface area contributed by atoms with E-state index in [1.807, 2.05) is 42.5 Å². The monoisotopic (exact) mass is 416 g/mol. The Bertz CT molecular complexity index is 1200. The number of ketones is 1. The van der Waals surface area contributed by atoms with Gasteiger partial charge < -0.3 is 9.47 Å². The van der Waals surface area contributed by atoms with E-state index >= 15 is 0 Å². The van der Waals surface area contributed by atoms with Crippen LogP contribution in [0, 0.1) is 0 Å². The lowest BCUT2D eigenvalue weighted by atomic mass is 10.0. The molecule has 4 aromatic carbocycles. The van der Waals surface area contributed by atoms with E-state index in [4.69, 9.17) is 21.1 Å². The Labute approximate surface area is 178 Å². The van der Waals surface area contributed by atoms with Gasteiger partial charge in [0.1, 0.15) is 11.5 Å². The highest BCUT2D eigenvalue weighted by Crippen LogP contribution is 2.31. The van der Waals surface area contributed by atoms with Gasteiger partial charge in [-0.25, -0.2) is 4.79 Å². The Morgan fingerprint density at radius 2 is 1.33 bits per heavy atom. The lowest BCUT2D eigenvalue weighted by Crippen LogP contribution is -2.17. The van der Waals surface area contributed by atoms with Gasteiger partial charge in [-0.3, -0.25) is 4.79 Å². The van der Waals surface area contributed by atoms with Crippen molar-refractivity contribution in [1.29, 1.82) is 0 Å². The standard InChI is InChI=1S/C25H17ClO4/c26-22-14-15-23(21-9-5-4-8-20(21)22)30-24(27)16-29-19-12-10-18(11-13-19)25(28)17-6-2-1-3-7-17/h1-15H,16H2. The van der Waals surface area contributed by atoms with Gasteiger partial charge in [0, 0.05) is 26.9 Å². The van der Waals surface area contributed by atoms with Gasteiger partial charge in [-0.15, -0.1) is 0 Å². The van der Waals surface area contributed by atoms with Crippen molar-refractivity contribution in [1.82, 2.24) is 0 Å². The fraction of sp³-hybridized carbons (Fsp3) is 0.0400. The molecule has 0 aliphatic carbocycles. The summed E-state index contributed by atoms with van der Waals surface area (Å²) < 4.78 is 11.0. The minimum Gasteiger partial charge on any atom is -0.482 e. The molecule has 0 saturated heterocycles. The Morgan fingerprint density at radius 1 is 0.700 bits per heavy atom. The molecular formula is C25H17ClO4. The summed E-state index contributed by atoms with van der Waals surface area (Å²) in [6.45, 7) is -0.261. The topological polar surface area (TPSA) is 52.6 Å². The van der Waals surface area contributed by atoms with E-state index in [1.165, 1.54) is 0 Å². The van der Waals surface area contributed by atoms with Gasteiger partial charge in [-0.2, -0.15) is 0 Å². The normalized spacial score (nSPS) is 10.6. The van der Waals surface area contributed by atoms with Gasteiger partial charge >= 0.3 is 5.97 Å². The van der Waals surface area contributed by atoms with E-state index < -0.39 is 5.97 Å². The number of esters is 1. The highest BCUT2D eigenvalue weighted by Gasteiger charge is 2.12. The van der Waals surface area contributed by atoms with E-state index in [-0.39, 0.29) is 12.4 Å². The third-order valence-corrected chi connectivity index (χ3v) is 4.89. The molecule has 0 fully saturated rings. The molecule has 0 aromatic heterocycles. The molecule has 0 aliphatic rings. The highest BCUT2D eigenvalue weighted by molar-refractivity contribution is 6.35. The molecule has 0 spiro atoms. The van der Waals surface area contributed by atoms with Crippen molar-refractivity contribution < 1.29 is 19.1 Å². The highest BCUT2D eigenvalue weighted by atomic mass is 35.5. The molecule has 148 valence electrons. The molecule has 0 radical (unpaired) electrons. The molecule has 4 aromatic rings. The SMILES string of the molecule is O=C(COc1ccc(C(=O)c2ccccc2)cc1)Oc1ccc(Cl)c2ccccc12. The number of carbonyl (C=O) groups excluding carboxylic acids is 2. The maximum atomic E-state index is 12.4. The molecule has 0 aliphatic heterocycles. The first-order chi connectivity index (χ1) is 14.6. The minimum atomic E-state index is -0.535. The Kier molecular flexibility index (Phi) is 5.77. The number of hydrogen-bond donors (Lipinski definition) is 0. The second-order valence-corrected chi connectivity index (χ2v) is 6.98. The van der Waals surface area contributed by atoms with Crippen molar-refractivity contribution in [2.24, 2.45) is 0 Å². The van der Waals surface area contributed by atoms with Crippen LogP contribution < -0.4 is 9.47 Å². The summed E-state index contributed by atoms with van der Waals surface area (Å²) in [5.41, 5.74) is 1.16. The second kappa shape index (κ2) is 8.80. The molecule has 30 heavy (non-hydrogen) atoms. The zero-order valence-corrected chi connectivity index (χ0v) is 16.6. The third kappa shape index (κ3) is 4.34. The fourth-order valence-corrected chi connectivity index (χ4v) is 3.30. The van der Waals surface area contributed by atoms with Gasteiger partial charge in [0.25, 0.3) is 0 Å². The van der Waals surface area contributed by atoms with Crippen molar-refractivity contribution in [2.45, 2.75) is 0 Å².